The first-order chi connectivity index (χ1) is 10.2. The minimum Gasteiger partial charge on any atom is -0.481 e. The molecule has 1 aromatic carbocycles. The van der Waals surface area contributed by atoms with Crippen molar-refractivity contribution < 1.29 is 9.84 Å². The van der Waals surface area contributed by atoms with E-state index in [-0.39, 0.29) is 0 Å². The van der Waals surface area contributed by atoms with Crippen LogP contribution in [0.25, 0.3) is 10.9 Å². The Labute approximate surface area is 126 Å². The van der Waals surface area contributed by atoms with Crippen molar-refractivity contribution in [1.82, 2.24) is 4.98 Å². The van der Waals surface area contributed by atoms with Crippen LogP contribution in [0.3, 0.4) is 0 Å². The SMILES string of the molecule is COc1ccc2cccc(CCC3(O)[CH]CCCC3)c2n1. The molecule has 1 radical (unpaired) electrons. The second-order valence-electron chi connectivity index (χ2n) is 5.90. The lowest BCUT2D eigenvalue weighted by atomic mass is 9.81. The zero-order valence-corrected chi connectivity index (χ0v) is 12.5. The van der Waals surface area contributed by atoms with Crippen LogP contribution in [0.15, 0.2) is 30.3 Å². The Morgan fingerprint density at radius 2 is 2.14 bits per heavy atom. The van der Waals surface area contributed by atoms with E-state index in [1.54, 1.807) is 7.11 Å². The van der Waals surface area contributed by atoms with Crippen LogP contribution in [0.4, 0.5) is 0 Å². The molecule has 1 saturated carbocycles. The van der Waals surface area contributed by atoms with Gasteiger partial charge >= 0.3 is 0 Å². The fourth-order valence-electron chi connectivity index (χ4n) is 3.13. The lowest BCUT2D eigenvalue weighted by molar-refractivity contribution is 0.0389. The van der Waals surface area contributed by atoms with Gasteiger partial charge < -0.3 is 9.84 Å². The summed E-state index contributed by atoms with van der Waals surface area (Å²) in [7, 11) is 1.64. The summed E-state index contributed by atoms with van der Waals surface area (Å²) < 4.78 is 5.22. The van der Waals surface area contributed by atoms with Gasteiger partial charge in [0.1, 0.15) is 0 Å². The van der Waals surface area contributed by atoms with Crippen molar-refractivity contribution >= 4 is 10.9 Å². The predicted molar refractivity (Wildman–Crippen MR) is 84.3 cm³/mol. The van der Waals surface area contributed by atoms with Gasteiger partial charge in [0.05, 0.1) is 18.2 Å². The van der Waals surface area contributed by atoms with Gasteiger partial charge in [-0.2, -0.15) is 0 Å². The molecular weight excluding hydrogens is 262 g/mol. The molecule has 3 heteroatoms. The van der Waals surface area contributed by atoms with Crippen molar-refractivity contribution in [2.75, 3.05) is 7.11 Å². The highest BCUT2D eigenvalue weighted by Gasteiger charge is 2.29. The molecule has 0 spiro atoms. The van der Waals surface area contributed by atoms with E-state index in [0.717, 1.165) is 43.0 Å². The molecule has 1 atom stereocenters. The number of aliphatic hydroxyl groups is 1. The first kappa shape index (κ1) is 14.3. The molecule has 1 aliphatic carbocycles. The number of ether oxygens (including phenoxy) is 1. The summed E-state index contributed by atoms with van der Waals surface area (Å²) in [6.45, 7) is 0. The van der Waals surface area contributed by atoms with E-state index in [1.807, 2.05) is 12.1 Å². The Bertz CT molecular complexity index is 618. The lowest BCUT2D eigenvalue weighted by Gasteiger charge is -2.31. The van der Waals surface area contributed by atoms with Crippen molar-refractivity contribution in [3.8, 4) is 5.88 Å². The third-order valence-corrected chi connectivity index (χ3v) is 4.40. The molecule has 111 valence electrons. The molecule has 0 bridgehead atoms. The van der Waals surface area contributed by atoms with Crippen molar-refractivity contribution in [1.29, 1.82) is 0 Å². The lowest BCUT2D eigenvalue weighted by Crippen LogP contribution is -2.32. The number of aryl methyl sites for hydroxylation is 1. The van der Waals surface area contributed by atoms with Gasteiger partial charge in [0.15, 0.2) is 0 Å². The van der Waals surface area contributed by atoms with Gasteiger partial charge in [-0.25, -0.2) is 4.98 Å². The summed E-state index contributed by atoms with van der Waals surface area (Å²) >= 11 is 0. The molecule has 1 unspecified atom stereocenters. The van der Waals surface area contributed by atoms with Gasteiger partial charge in [-0.15, -0.1) is 0 Å². The molecule has 1 N–H and O–H groups in total. The van der Waals surface area contributed by atoms with Crippen LogP contribution in [0, 0.1) is 6.42 Å². The maximum Gasteiger partial charge on any atom is 0.213 e. The van der Waals surface area contributed by atoms with Crippen LogP contribution < -0.4 is 4.74 Å². The van der Waals surface area contributed by atoms with Crippen LogP contribution >= 0.6 is 0 Å². The normalized spacial score (nSPS) is 17.8. The summed E-state index contributed by atoms with van der Waals surface area (Å²) in [6, 6.07) is 10.1. The fourth-order valence-corrected chi connectivity index (χ4v) is 3.13. The first-order valence-electron chi connectivity index (χ1n) is 7.70. The molecule has 1 aromatic heterocycles. The second kappa shape index (κ2) is 6.02. The maximum absolute atomic E-state index is 10.6. The molecule has 1 fully saturated rings. The molecule has 0 saturated heterocycles. The molecule has 1 aliphatic rings. The summed E-state index contributed by atoms with van der Waals surface area (Å²) in [6.07, 6.45) is 7.93. The van der Waals surface area contributed by atoms with E-state index in [1.165, 1.54) is 12.0 Å². The quantitative estimate of drug-likeness (QED) is 0.931. The predicted octanol–water partition coefficient (Wildman–Crippen LogP) is 3.69. The summed E-state index contributed by atoms with van der Waals surface area (Å²) in [5.74, 6) is 0.637. The molecule has 0 aliphatic heterocycles. The van der Waals surface area contributed by atoms with Crippen LogP contribution in [-0.2, 0) is 6.42 Å². The summed E-state index contributed by atoms with van der Waals surface area (Å²) in [5, 5.41) is 11.7. The van der Waals surface area contributed by atoms with E-state index in [9.17, 15) is 5.11 Å². The van der Waals surface area contributed by atoms with Gasteiger partial charge in [0.2, 0.25) is 5.88 Å². The highest BCUT2D eigenvalue weighted by atomic mass is 16.5. The van der Waals surface area contributed by atoms with Crippen molar-refractivity contribution in [2.24, 2.45) is 0 Å². The van der Waals surface area contributed by atoms with E-state index in [0.29, 0.717) is 5.88 Å². The molecule has 3 rings (SSSR count). The van der Waals surface area contributed by atoms with Crippen LogP contribution in [0.1, 0.15) is 37.7 Å². The Hall–Kier alpha value is -1.61. The number of para-hydroxylation sites is 1. The number of hydrogen-bond acceptors (Lipinski definition) is 3. The maximum atomic E-state index is 10.6. The highest BCUT2D eigenvalue weighted by molar-refractivity contribution is 5.82. The van der Waals surface area contributed by atoms with Crippen molar-refractivity contribution in [2.45, 2.75) is 44.1 Å². The highest BCUT2D eigenvalue weighted by Crippen LogP contribution is 2.32. The summed E-state index contributed by atoms with van der Waals surface area (Å²) in [5.41, 5.74) is 1.56. The topological polar surface area (TPSA) is 42.4 Å². The standard InChI is InChI=1S/C18H22NO2/c1-21-16-9-8-14-6-5-7-15(17(14)19-16)10-13-18(20)11-3-2-4-12-18/h5-9,11,20H,2-4,10,12-13H2,1H3. The Kier molecular flexibility index (Phi) is 4.11. The Balaban J connectivity index is 1.82. The Morgan fingerprint density at radius 1 is 1.24 bits per heavy atom. The number of fused-ring (bicyclic) bond motifs is 1. The molecule has 1 heterocycles. The molecule has 3 nitrogen and oxygen atoms in total. The largest absolute Gasteiger partial charge is 0.481 e. The van der Waals surface area contributed by atoms with E-state index in [4.69, 9.17) is 4.74 Å². The number of benzene rings is 1. The van der Waals surface area contributed by atoms with Gasteiger partial charge in [0, 0.05) is 11.5 Å². The van der Waals surface area contributed by atoms with Gasteiger partial charge in [0.25, 0.3) is 0 Å². The van der Waals surface area contributed by atoms with E-state index >= 15 is 0 Å². The number of aromatic nitrogens is 1. The third-order valence-electron chi connectivity index (χ3n) is 4.40. The van der Waals surface area contributed by atoms with Crippen LogP contribution in [-0.4, -0.2) is 22.8 Å². The Morgan fingerprint density at radius 3 is 2.90 bits per heavy atom. The number of methoxy groups -OCH3 is 1. The first-order valence-corrected chi connectivity index (χ1v) is 7.70. The summed E-state index contributed by atoms with van der Waals surface area (Å²) in [4.78, 5) is 4.57. The van der Waals surface area contributed by atoms with E-state index < -0.39 is 5.60 Å². The van der Waals surface area contributed by atoms with Crippen LogP contribution in [0.5, 0.6) is 5.88 Å². The average molecular weight is 284 g/mol. The van der Waals surface area contributed by atoms with Gasteiger partial charge in [-0.3, -0.25) is 0 Å². The minimum atomic E-state index is -0.598. The molecule has 21 heavy (non-hydrogen) atoms. The third kappa shape index (κ3) is 3.18. The van der Waals surface area contributed by atoms with Gasteiger partial charge in [-0.05, 0) is 43.7 Å². The monoisotopic (exact) mass is 284 g/mol. The minimum absolute atomic E-state index is 0.598. The van der Waals surface area contributed by atoms with Crippen LogP contribution in [0.2, 0.25) is 0 Å². The molecule has 2 aromatic rings. The number of nitrogens with zero attached hydrogens (tertiary/aromatic N) is 1. The number of rotatable bonds is 4. The second-order valence-corrected chi connectivity index (χ2v) is 5.90. The fraction of sp³-hybridized carbons (Fsp3) is 0.444. The van der Waals surface area contributed by atoms with Gasteiger partial charge in [-0.1, -0.05) is 31.0 Å². The number of hydrogen-bond donors (Lipinski definition) is 1. The van der Waals surface area contributed by atoms with Crippen molar-refractivity contribution in [3.63, 3.8) is 0 Å². The molecular formula is C18H22NO2. The smallest absolute Gasteiger partial charge is 0.213 e. The zero-order valence-electron chi connectivity index (χ0n) is 12.5. The van der Waals surface area contributed by atoms with Crippen molar-refractivity contribution in [3.05, 3.63) is 42.3 Å². The van der Waals surface area contributed by atoms with E-state index in [2.05, 4.69) is 29.6 Å². The average Bonchev–Trinajstić information content (AvgIpc) is 2.53. The number of pyridine rings is 1. The molecule has 0 amide bonds. The zero-order chi connectivity index (χ0) is 14.7.